The van der Waals surface area contributed by atoms with Gasteiger partial charge in [0.15, 0.2) is 11.6 Å². The highest BCUT2D eigenvalue weighted by atomic mass is 79.9. The molecule has 1 aliphatic heterocycles. The number of hydrogen-bond donors (Lipinski definition) is 1. The molecule has 1 fully saturated rings. The van der Waals surface area contributed by atoms with Gasteiger partial charge in [-0.2, -0.15) is 0 Å². The molecule has 0 bridgehead atoms. The molecule has 0 aromatic heterocycles. The number of rotatable bonds is 6. The number of amides is 2. The lowest BCUT2D eigenvalue weighted by Gasteiger charge is -2.42. The Labute approximate surface area is 270 Å². The van der Waals surface area contributed by atoms with Gasteiger partial charge in [0.25, 0.3) is 5.69 Å². The van der Waals surface area contributed by atoms with Gasteiger partial charge in [0.2, 0.25) is 11.8 Å². The number of anilines is 1. The molecule has 1 saturated heterocycles. The van der Waals surface area contributed by atoms with Crippen LogP contribution in [0.1, 0.15) is 29.9 Å². The maximum absolute atomic E-state index is 14.0. The summed E-state index contributed by atoms with van der Waals surface area (Å²) in [6, 6.07) is 19.6. The van der Waals surface area contributed by atoms with E-state index in [1.165, 1.54) is 36.4 Å². The normalized spacial score (nSPS) is 23.8. The Morgan fingerprint density at radius 2 is 1.70 bits per heavy atom. The van der Waals surface area contributed by atoms with Crippen LogP contribution in [-0.4, -0.2) is 33.4 Å². The second kappa shape index (κ2) is 11.3. The molecular formula is C35H25BrN2O8. The number of carbonyl (C=O) groups excluding carboxylic acids is 4. The molecule has 0 saturated carbocycles. The van der Waals surface area contributed by atoms with E-state index in [-0.39, 0.29) is 63.8 Å². The fourth-order valence-electron chi connectivity index (χ4n) is 7.14. The number of ether oxygens (including phenoxy) is 1. The number of phenolic OH excluding ortho intramolecular Hbond substituents is 1. The van der Waals surface area contributed by atoms with Crippen molar-refractivity contribution in [3.63, 3.8) is 0 Å². The standard InChI is InChI=1S/C35H25BrN2O8/c36-27-16-29(40)32-26(33(27)41)15-25-22(30(32)23-11-10-21(14-28(23)39)46-17-18-4-2-1-3-5-18)12-13-24-31(25)35(43)37(34(24)42)19-6-8-20(9-7-19)38(44)45/h1-12,14,16,24-25,30-31,39H,13,15,17H2. The molecule has 7 rings (SSSR count). The first-order chi connectivity index (χ1) is 22.1. The molecule has 46 heavy (non-hydrogen) atoms. The van der Waals surface area contributed by atoms with Crippen LogP contribution in [0.25, 0.3) is 0 Å². The van der Waals surface area contributed by atoms with Crippen LogP contribution in [0, 0.1) is 27.9 Å². The van der Waals surface area contributed by atoms with Gasteiger partial charge in [-0.1, -0.05) is 48.0 Å². The van der Waals surface area contributed by atoms with E-state index in [9.17, 15) is 34.4 Å². The Kier molecular flexibility index (Phi) is 7.28. The summed E-state index contributed by atoms with van der Waals surface area (Å²) in [6.45, 7) is 0.280. The van der Waals surface area contributed by atoms with Crippen molar-refractivity contribution < 1.29 is 33.9 Å². The minimum absolute atomic E-state index is 0.0680. The number of carbonyl (C=O) groups is 4. The van der Waals surface area contributed by atoms with E-state index in [1.54, 1.807) is 12.1 Å². The number of fused-ring (bicyclic) bond motifs is 3. The monoisotopic (exact) mass is 680 g/mol. The SMILES string of the molecule is O=C1C=C(Br)C(=O)C2=C1C(c1ccc(OCc3ccccc3)cc1O)C1=CCC3C(=O)N(c4ccc([N+](=O)[O-])cc4)C(=O)C3C1C2. The number of allylic oxidation sites excluding steroid dienone is 6. The zero-order valence-corrected chi connectivity index (χ0v) is 25.7. The number of nitro groups is 1. The summed E-state index contributed by atoms with van der Waals surface area (Å²) in [5.41, 5.74) is 2.55. The van der Waals surface area contributed by atoms with Gasteiger partial charge in [-0.15, -0.1) is 0 Å². The molecule has 3 aromatic rings. The molecule has 4 unspecified atom stereocenters. The van der Waals surface area contributed by atoms with Gasteiger partial charge in [-0.05, 0) is 58.5 Å². The van der Waals surface area contributed by atoms with Gasteiger partial charge in [0.1, 0.15) is 18.1 Å². The molecule has 2 amide bonds. The first-order valence-corrected chi connectivity index (χ1v) is 15.4. The number of halogens is 1. The zero-order valence-electron chi connectivity index (χ0n) is 24.1. The predicted molar refractivity (Wildman–Crippen MR) is 169 cm³/mol. The number of nitro benzene ring substituents is 1. The number of ketones is 2. The van der Waals surface area contributed by atoms with Gasteiger partial charge in [-0.25, -0.2) is 0 Å². The molecule has 4 atom stereocenters. The van der Waals surface area contributed by atoms with Crippen molar-refractivity contribution in [1.29, 1.82) is 0 Å². The molecule has 0 radical (unpaired) electrons. The van der Waals surface area contributed by atoms with Gasteiger partial charge in [0, 0.05) is 46.9 Å². The summed E-state index contributed by atoms with van der Waals surface area (Å²) in [7, 11) is 0. The smallest absolute Gasteiger partial charge is 0.269 e. The number of non-ortho nitro benzene ring substituents is 1. The molecular weight excluding hydrogens is 656 g/mol. The summed E-state index contributed by atoms with van der Waals surface area (Å²) in [5, 5.41) is 22.5. The number of phenols is 1. The van der Waals surface area contributed by atoms with Gasteiger partial charge < -0.3 is 9.84 Å². The van der Waals surface area contributed by atoms with Crippen molar-refractivity contribution in [2.45, 2.75) is 25.4 Å². The first-order valence-electron chi connectivity index (χ1n) is 14.6. The molecule has 230 valence electrons. The van der Waals surface area contributed by atoms with Crippen molar-refractivity contribution in [3.8, 4) is 11.5 Å². The summed E-state index contributed by atoms with van der Waals surface area (Å²) >= 11 is 3.21. The highest BCUT2D eigenvalue weighted by Crippen LogP contribution is 2.56. The molecule has 4 aliphatic rings. The van der Waals surface area contributed by atoms with Crippen LogP contribution in [0.3, 0.4) is 0 Å². The average molecular weight is 681 g/mol. The molecule has 3 aromatic carbocycles. The second-order valence-electron chi connectivity index (χ2n) is 11.7. The lowest BCUT2D eigenvalue weighted by Crippen LogP contribution is -2.39. The van der Waals surface area contributed by atoms with Crippen molar-refractivity contribution in [1.82, 2.24) is 0 Å². The third-order valence-electron chi connectivity index (χ3n) is 9.21. The predicted octanol–water partition coefficient (Wildman–Crippen LogP) is 5.85. The molecule has 11 heteroatoms. The third-order valence-corrected chi connectivity index (χ3v) is 9.80. The van der Waals surface area contributed by atoms with E-state index < -0.39 is 40.4 Å². The van der Waals surface area contributed by atoms with Crippen LogP contribution in [-0.2, 0) is 25.8 Å². The second-order valence-corrected chi connectivity index (χ2v) is 12.5. The summed E-state index contributed by atoms with van der Waals surface area (Å²) in [5.74, 6) is -4.36. The van der Waals surface area contributed by atoms with Crippen molar-refractivity contribution in [2.75, 3.05) is 4.90 Å². The van der Waals surface area contributed by atoms with Gasteiger partial charge >= 0.3 is 0 Å². The highest BCUT2D eigenvalue weighted by molar-refractivity contribution is 9.12. The quantitative estimate of drug-likeness (QED) is 0.112. The minimum atomic E-state index is -0.831. The Hall–Kier alpha value is -5.16. The number of nitrogens with zero attached hydrogens (tertiary/aromatic N) is 2. The van der Waals surface area contributed by atoms with E-state index in [0.717, 1.165) is 10.5 Å². The van der Waals surface area contributed by atoms with E-state index in [4.69, 9.17) is 4.74 Å². The Morgan fingerprint density at radius 3 is 2.39 bits per heavy atom. The van der Waals surface area contributed by atoms with E-state index >= 15 is 0 Å². The van der Waals surface area contributed by atoms with Crippen molar-refractivity contribution in [3.05, 3.63) is 127 Å². The van der Waals surface area contributed by atoms with Crippen molar-refractivity contribution >= 4 is 50.7 Å². The van der Waals surface area contributed by atoms with Gasteiger partial charge in [-0.3, -0.25) is 34.2 Å². The van der Waals surface area contributed by atoms with Crippen molar-refractivity contribution in [2.24, 2.45) is 17.8 Å². The highest BCUT2D eigenvalue weighted by Gasteiger charge is 2.57. The Balaban J connectivity index is 1.27. The van der Waals surface area contributed by atoms with E-state index in [1.807, 2.05) is 36.4 Å². The average Bonchev–Trinajstić information content (AvgIpc) is 3.31. The first kappa shape index (κ1) is 29.5. The molecule has 1 heterocycles. The molecule has 3 aliphatic carbocycles. The lowest BCUT2D eigenvalue weighted by atomic mass is 9.59. The lowest BCUT2D eigenvalue weighted by molar-refractivity contribution is -0.384. The third kappa shape index (κ3) is 4.78. The maximum atomic E-state index is 14.0. The van der Waals surface area contributed by atoms with Gasteiger partial charge in [0.05, 0.1) is 26.9 Å². The molecule has 1 N–H and O–H groups in total. The van der Waals surface area contributed by atoms with Crippen LogP contribution in [0.15, 0.2) is 106 Å². The number of aromatic hydroxyl groups is 1. The number of hydrogen-bond acceptors (Lipinski definition) is 8. The number of imide groups is 1. The summed E-state index contributed by atoms with van der Waals surface area (Å²) in [6.07, 6.45) is 3.37. The zero-order chi connectivity index (χ0) is 32.3. The maximum Gasteiger partial charge on any atom is 0.269 e. The largest absolute Gasteiger partial charge is 0.507 e. The number of Topliss-reactive ketones (excluding diaryl/α,β-unsaturated/α-hetero) is 1. The van der Waals surface area contributed by atoms with Crippen LogP contribution in [0.2, 0.25) is 0 Å². The fraction of sp³-hybridized carbons (Fsp3) is 0.200. The van der Waals surface area contributed by atoms with Crippen LogP contribution in [0.5, 0.6) is 11.5 Å². The Bertz CT molecular complexity index is 1950. The number of benzene rings is 3. The van der Waals surface area contributed by atoms with Crippen LogP contribution in [0.4, 0.5) is 11.4 Å². The minimum Gasteiger partial charge on any atom is -0.507 e. The van der Waals surface area contributed by atoms with E-state index in [2.05, 4.69) is 15.9 Å². The summed E-state index contributed by atoms with van der Waals surface area (Å²) < 4.78 is 5.99. The van der Waals surface area contributed by atoms with Crippen LogP contribution < -0.4 is 9.64 Å². The van der Waals surface area contributed by atoms with Crippen LogP contribution >= 0.6 is 15.9 Å². The Morgan fingerprint density at radius 1 is 0.957 bits per heavy atom. The molecule has 10 nitrogen and oxygen atoms in total. The molecule has 0 spiro atoms. The fourth-order valence-corrected chi connectivity index (χ4v) is 7.59. The summed E-state index contributed by atoms with van der Waals surface area (Å²) in [4.78, 5) is 66.3. The topological polar surface area (TPSA) is 144 Å². The van der Waals surface area contributed by atoms with E-state index in [0.29, 0.717) is 16.9 Å².